The number of rotatable bonds is 5. The van der Waals surface area contributed by atoms with Gasteiger partial charge in [-0.1, -0.05) is 0 Å². The van der Waals surface area contributed by atoms with Gasteiger partial charge in [0, 0.05) is 24.4 Å². The molecule has 0 radical (unpaired) electrons. The highest BCUT2D eigenvalue weighted by atomic mass is 19.3. The van der Waals surface area contributed by atoms with Crippen molar-refractivity contribution in [2.45, 2.75) is 31.1 Å². The summed E-state index contributed by atoms with van der Waals surface area (Å²) in [6.07, 6.45) is -1.74. The number of nitrogens with two attached hydrogens (primary N) is 1. The Balaban J connectivity index is 1.53. The lowest BCUT2D eigenvalue weighted by molar-refractivity contribution is -0.113. The molecule has 2 aromatic rings. The van der Waals surface area contributed by atoms with E-state index in [9.17, 15) is 17.6 Å². The highest BCUT2D eigenvalue weighted by Crippen LogP contribution is 2.37. The minimum absolute atomic E-state index is 0.147. The molecule has 3 aliphatic heterocycles. The Morgan fingerprint density at radius 1 is 1.13 bits per heavy atom. The Morgan fingerprint density at radius 2 is 1.90 bits per heavy atom. The summed E-state index contributed by atoms with van der Waals surface area (Å²) in [5.74, 6) is 0.243. The number of hydrogen-bond donors (Lipinski definition) is 1. The monoisotopic (exact) mass is 426 g/mol. The first-order valence-corrected chi connectivity index (χ1v) is 9.40. The molecule has 8 nitrogen and oxygen atoms in total. The normalized spacial score (nSPS) is 27.6. The minimum atomic E-state index is -3.06. The van der Waals surface area contributed by atoms with E-state index in [4.69, 9.17) is 10.5 Å². The van der Waals surface area contributed by atoms with Gasteiger partial charge in [-0.05, 0) is 6.07 Å². The first kappa shape index (κ1) is 19.1. The molecule has 5 heterocycles. The summed E-state index contributed by atoms with van der Waals surface area (Å²) in [5, 5.41) is 0. The number of aromatic nitrogens is 3. The summed E-state index contributed by atoms with van der Waals surface area (Å²) in [6.45, 7) is -2.20. The fourth-order valence-corrected chi connectivity index (χ4v) is 3.77. The van der Waals surface area contributed by atoms with Crippen LogP contribution in [-0.4, -0.2) is 72.3 Å². The molecular weight excluding hydrogens is 408 g/mol. The van der Waals surface area contributed by atoms with Gasteiger partial charge in [0.15, 0.2) is 23.9 Å². The second-order valence-electron chi connectivity index (χ2n) is 7.43. The molecule has 3 fully saturated rings. The minimum Gasteiger partial charge on any atom is -0.431 e. The van der Waals surface area contributed by atoms with Crippen LogP contribution in [0.25, 0.3) is 11.3 Å². The second kappa shape index (κ2) is 7.11. The maximum absolute atomic E-state index is 13.7. The number of fused-ring (bicyclic) bond motifs is 1. The number of nitrogen functional groups attached to an aromatic ring is 1. The lowest BCUT2D eigenvalue weighted by Gasteiger charge is -2.55. The third-order valence-corrected chi connectivity index (χ3v) is 5.54. The van der Waals surface area contributed by atoms with E-state index in [1.54, 1.807) is 6.07 Å². The van der Waals surface area contributed by atoms with Crippen molar-refractivity contribution in [1.82, 2.24) is 15.0 Å². The van der Waals surface area contributed by atoms with Gasteiger partial charge < -0.3 is 25.0 Å². The van der Waals surface area contributed by atoms with Crippen molar-refractivity contribution in [1.29, 1.82) is 0 Å². The topological polar surface area (TPSA) is 89.6 Å². The molecule has 0 saturated carbocycles. The van der Waals surface area contributed by atoms with E-state index >= 15 is 0 Å². The first-order valence-electron chi connectivity index (χ1n) is 9.40. The highest BCUT2D eigenvalue weighted by Gasteiger charge is 2.48. The van der Waals surface area contributed by atoms with Crippen molar-refractivity contribution in [2.75, 3.05) is 41.8 Å². The van der Waals surface area contributed by atoms with E-state index in [1.807, 2.05) is 4.90 Å². The molecular formula is C18H18F4N6O2. The Hall–Kier alpha value is -2.89. The number of ether oxygens (including phenoxy) is 2. The fourth-order valence-electron chi connectivity index (χ4n) is 3.77. The summed E-state index contributed by atoms with van der Waals surface area (Å²) in [5.41, 5.74) is 6.32. The van der Waals surface area contributed by atoms with Crippen LogP contribution in [0.1, 0.15) is 0 Å². The van der Waals surface area contributed by atoms with Crippen molar-refractivity contribution in [3.05, 3.63) is 18.3 Å². The van der Waals surface area contributed by atoms with Gasteiger partial charge in [-0.3, -0.25) is 0 Å². The molecule has 2 N–H and O–H groups in total. The largest absolute Gasteiger partial charge is 0.431 e. The predicted octanol–water partition coefficient (Wildman–Crippen LogP) is 1.81. The molecule has 0 aliphatic carbocycles. The zero-order chi connectivity index (χ0) is 21.0. The SMILES string of the molecule is Nc1ncc(-c2cc(N3CC4OC[C@H]43)nc(N3C[C@@H](F)[C@@H](F)C3)n2)cc1OC(F)F. The van der Waals surface area contributed by atoms with Crippen LogP contribution in [-0.2, 0) is 4.74 Å². The molecule has 1 unspecified atom stereocenters. The van der Waals surface area contributed by atoms with Gasteiger partial charge in [0.1, 0.15) is 5.82 Å². The molecule has 30 heavy (non-hydrogen) atoms. The average molecular weight is 426 g/mol. The summed E-state index contributed by atoms with van der Waals surface area (Å²) >= 11 is 0. The van der Waals surface area contributed by atoms with Gasteiger partial charge >= 0.3 is 6.61 Å². The van der Waals surface area contributed by atoms with Gasteiger partial charge in [-0.15, -0.1) is 0 Å². The Morgan fingerprint density at radius 3 is 2.50 bits per heavy atom. The van der Waals surface area contributed by atoms with E-state index in [0.717, 1.165) is 0 Å². The van der Waals surface area contributed by atoms with Crippen molar-refractivity contribution in [3.63, 3.8) is 0 Å². The van der Waals surface area contributed by atoms with Crippen LogP contribution in [0.5, 0.6) is 5.75 Å². The molecule has 5 rings (SSSR count). The molecule has 0 aromatic carbocycles. The third-order valence-electron chi connectivity index (χ3n) is 5.54. The smallest absolute Gasteiger partial charge is 0.387 e. The molecule has 2 aromatic heterocycles. The van der Waals surface area contributed by atoms with Gasteiger partial charge in [-0.25, -0.2) is 18.7 Å². The number of anilines is 3. The average Bonchev–Trinajstić information content (AvgIpc) is 3.03. The van der Waals surface area contributed by atoms with Crippen LogP contribution >= 0.6 is 0 Å². The van der Waals surface area contributed by atoms with Crippen LogP contribution in [0.4, 0.5) is 35.1 Å². The van der Waals surface area contributed by atoms with Crippen LogP contribution in [0.3, 0.4) is 0 Å². The van der Waals surface area contributed by atoms with E-state index in [0.29, 0.717) is 30.2 Å². The lowest BCUT2D eigenvalue weighted by atomic mass is 9.95. The van der Waals surface area contributed by atoms with Crippen molar-refractivity contribution < 1.29 is 27.0 Å². The standard InChI is InChI=1S/C18H18F4N6O2/c19-9-4-27(5-10(9)20)18-25-11(2-15(26-18)28-6-14-12(28)7-29-14)8-1-13(30-17(21)22)16(23)24-3-8/h1-3,9-10,12,14,17H,4-7H2,(H2,23,24)/t9-,10+,12-,14?/m1/s1. The predicted molar refractivity (Wildman–Crippen MR) is 99.2 cm³/mol. The van der Waals surface area contributed by atoms with Crippen molar-refractivity contribution in [3.8, 4) is 17.0 Å². The maximum Gasteiger partial charge on any atom is 0.387 e. The maximum atomic E-state index is 13.7. The number of halogens is 4. The van der Waals surface area contributed by atoms with Crippen LogP contribution in [0.2, 0.25) is 0 Å². The molecule has 12 heteroatoms. The van der Waals surface area contributed by atoms with Gasteiger partial charge in [0.2, 0.25) is 5.95 Å². The summed E-state index contributed by atoms with van der Waals surface area (Å²) in [7, 11) is 0. The van der Waals surface area contributed by atoms with E-state index in [-0.39, 0.29) is 42.8 Å². The first-order chi connectivity index (χ1) is 14.4. The Labute approximate surface area is 168 Å². The molecule has 3 aliphatic rings. The van der Waals surface area contributed by atoms with Gasteiger partial charge in [0.25, 0.3) is 0 Å². The van der Waals surface area contributed by atoms with Crippen molar-refractivity contribution >= 4 is 17.6 Å². The number of alkyl halides is 4. The van der Waals surface area contributed by atoms with Crippen LogP contribution in [0, 0.1) is 0 Å². The molecule has 0 bridgehead atoms. The van der Waals surface area contributed by atoms with Gasteiger partial charge in [0.05, 0.1) is 37.5 Å². The quantitative estimate of drug-likeness (QED) is 0.725. The molecule has 160 valence electrons. The Kier molecular flexibility index (Phi) is 4.53. The van der Waals surface area contributed by atoms with E-state index in [2.05, 4.69) is 19.7 Å². The van der Waals surface area contributed by atoms with E-state index < -0.39 is 19.0 Å². The van der Waals surface area contributed by atoms with Crippen LogP contribution in [0.15, 0.2) is 18.3 Å². The number of morpholine rings is 1. The molecule has 4 atom stereocenters. The lowest BCUT2D eigenvalue weighted by Crippen LogP contribution is -2.71. The third kappa shape index (κ3) is 3.24. The zero-order valence-corrected chi connectivity index (χ0v) is 15.6. The number of hydrogen-bond acceptors (Lipinski definition) is 8. The number of pyridine rings is 1. The molecule has 0 spiro atoms. The number of nitrogens with zero attached hydrogens (tertiary/aromatic N) is 5. The second-order valence-corrected chi connectivity index (χ2v) is 7.43. The van der Waals surface area contributed by atoms with Gasteiger partial charge in [-0.2, -0.15) is 13.8 Å². The highest BCUT2D eigenvalue weighted by molar-refractivity contribution is 5.68. The van der Waals surface area contributed by atoms with Crippen LogP contribution < -0.4 is 20.3 Å². The summed E-state index contributed by atoms with van der Waals surface area (Å²) in [6, 6.07) is 3.16. The molecule has 0 amide bonds. The zero-order valence-electron chi connectivity index (χ0n) is 15.6. The van der Waals surface area contributed by atoms with E-state index in [1.165, 1.54) is 17.2 Å². The molecule has 3 saturated heterocycles. The Bertz CT molecular complexity index is 956. The fraction of sp³-hybridized carbons (Fsp3) is 0.500. The summed E-state index contributed by atoms with van der Waals surface area (Å²) < 4.78 is 62.6. The van der Waals surface area contributed by atoms with Crippen molar-refractivity contribution in [2.24, 2.45) is 0 Å². The summed E-state index contributed by atoms with van der Waals surface area (Å²) in [4.78, 5) is 16.2.